The second-order valence-corrected chi connectivity index (χ2v) is 18.0. The SMILES string of the molecule is CC1(C)c2ccccc2-c2cccc(-c3ccc(N(c4ccc(-c5cccc6c5ccc5ccccc56)cc4)c4ccccc4-c4cccc5c4oc4cc6ccccc6cc45)cc3)c21. The summed E-state index contributed by atoms with van der Waals surface area (Å²) in [6.07, 6.45) is 0. The average Bonchev–Trinajstić information content (AvgIpc) is 3.84. The molecule has 13 rings (SSSR count). The number of furan rings is 1. The highest BCUT2D eigenvalue weighted by atomic mass is 16.3. The molecule has 0 aliphatic heterocycles. The Morgan fingerprint density at radius 2 is 0.908 bits per heavy atom. The van der Waals surface area contributed by atoms with E-state index in [0.29, 0.717) is 0 Å². The predicted octanol–water partition coefficient (Wildman–Crippen LogP) is 17.8. The van der Waals surface area contributed by atoms with Crippen LogP contribution in [0.15, 0.2) is 229 Å². The molecule has 1 aliphatic rings. The van der Waals surface area contributed by atoms with Gasteiger partial charge in [0.15, 0.2) is 0 Å². The van der Waals surface area contributed by atoms with Crippen LogP contribution in [0.5, 0.6) is 0 Å². The van der Waals surface area contributed by atoms with Crippen LogP contribution in [0.4, 0.5) is 17.1 Å². The molecule has 0 N–H and O–H groups in total. The molecule has 2 heteroatoms. The summed E-state index contributed by atoms with van der Waals surface area (Å²) >= 11 is 0. The third kappa shape index (κ3) is 5.81. The van der Waals surface area contributed by atoms with Gasteiger partial charge in [0, 0.05) is 38.7 Å². The molecule has 1 heterocycles. The van der Waals surface area contributed by atoms with E-state index >= 15 is 0 Å². The number of para-hydroxylation sites is 2. The van der Waals surface area contributed by atoms with Gasteiger partial charge in [0.05, 0.1) is 5.69 Å². The molecule has 0 saturated heterocycles. The van der Waals surface area contributed by atoms with Crippen molar-refractivity contribution in [2.45, 2.75) is 19.3 Å². The second-order valence-electron chi connectivity index (χ2n) is 18.0. The van der Waals surface area contributed by atoms with Crippen molar-refractivity contribution in [1.82, 2.24) is 0 Å². The largest absolute Gasteiger partial charge is 0.455 e. The number of nitrogens with zero attached hydrogens (tertiary/aromatic N) is 1. The summed E-state index contributed by atoms with van der Waals surface area (Å²) in [5.41, 5.74) is 17.4. The van der Waals surface area contributed by atoms with E-state index in [4.69, 9.17) is 4.42 Å². The minimum absolute atomic E-state index is 0.116. The minimum Gasteiger partial charge on any atom is -0.455 e. The molecule has 65 heavy (non-hydrogen) atoms. The standard InChI is InChI=1S/C63H43NO/c1-63(2)58-26-9-7-18-52(58)54-23-12-21-49(61(54)63)42-30-35-46(36-31-42)64(45-33-28-41(29-34-45)48-20-11-22-50-47-17-6-5-14-40(47)32-37-51(48)50)59-27-10-8-19-53(59)55-24-13-25-56-57-38-43-15-3-4-16-44(43)39-60(57)65-62(55)56/h3-39H,1-2H3. The monoisotopic (exact) mass is 829 g/mol. The van der Waals surface area contributed by atoms with E-state index in [1.807, 2.05) is 0 Å². The molecule has 12 aromatic rings. The molecule has 2 nitrogen and oxygen atoms in total. The molecule has 306 valence electrons. The Balaban J connectivity index is 0.970. The number of anilines is 3. The van der Waals surface area contributed by atoms with Gasteiger partial charge in [-0.2, -0.15) is 0 Å². The summed E-state index contributed by atoms with van der Waals surface area (Å²) in [6, 6.07) is 82.1. The van der Waals surface area contributed by atoms with Crippen molar-refractivity contribution in [3.63, 3.8) is 0 Å². The molecule has 0 spiro atoms. The Hall–Kier alpha value is -8.20. The van der Waals surface area contributed by atoms with Crippen LogP contribution in [0.1, 0.15) is 25.0 Å². The average molecular weight is 830 g/mol. The molecule has 1 aromatic heterocycles. The lowest BCUT2D eigenvalue weighted by Crippen LogP contribution is -2.16. The molecule has 0 atom stereocenters. The van der Waals surface area contributed by atoms with Gasteiger partial charge in [-0.1, -0.05) is 196 Å². The van der Waals surface area contributed by atoms with Crippen LogP contribution >= 0.6 is 0 Å². The maximum atomic E-state index is 6.84. The Labute approximate surface area is 378 Å². The van der Waals surface area contributed by atoms with Gasteiger partial charge in [0.1, 0.15) is 11.2 Å². The smallest absolute Gasteiger partial charge is 0.143 e. The van der Waals surface area contributed by atoms with Gasteiger partial charge in [-0.15, -0.1) is 0 Å². The summed E-state index contributed by atoms with van der Waals surface area (Å²) in [5.74, 6) is 0. The fourth-order valence-electron chi connectivity index (χ4n) is 11.0. The summed E-state index contributed by atoms with van der Waals surface area (Å²) in [6.45, 7) is 4.73. The van der Waals surface area contributed by atoms with E-state index in [0.717, 1.165) is 50.1 Å². The lowest BCUT2D eigenvalue weighted by atomic mass is 9.79. The van der Waals surface area contributed by atoms with Gasteiger partial charge < -0.3 is 9.32 Å². The molecular weight excluding hydrogens is 787 g/mol. The molecule has 0 bridgehead atoms. The first-order chi connectivity index (χ1) is 32.0. The predicted molar refractivity (Wildman–Crippen MR) is 275 cm³/mol. The van der Waals surface area contributed by atoms with E-state index in [-0.39, 0.29) is 5.41 Å². The van der Waals surface area contributed by atoms with Crippen LogP contribution < -0.4 is 4.90 Å². The molecule has 0 radical (unpaired) electrons. The van der Waals surface area contributed by atoms with Crippen LogP contribution in [0, 0.1) is 0 Å². The lowest BCUT2D eigenvalue weighted by Gasteiger charge is -2.28. The first-order valence-corrected chi connectivity index (χ1v) is 22.6. The second kappa shape index (κ2) is 14.4. The van der Waals surface area contributed by atoms with Gasteiger partial charge >= 0.3 is 0 Å². The van der Waals surface area contributed by atoms with Crippen LogP contribution in [-0.4, -0.2) is 0 Å². The van der Waals surface area contributed by atoms with E-state index < -0.39 is 0 Å². The zero-order chi connectivity index (χ0) is 43.2. The molecule has 1 aliphatic carbocycles. The lowest BCUT2D eigenvalue weighted by molar-refractivity contribution is 0.662. The molecular formula is C63H43NO. The summed E-state index contributed by atoms with van der Waals surface area (Å²) in [4.78, 5) is 2.41. The fourth-order valence-corrected chi connectivity index (χ4v) is 11.0. The third-order valence-electron chi connectivity index (χ3n) is 14.0. The van der Waals surface area contributed by atoms with Crippen molar-refractivity contribution in [3.05, 3.63) is 236 Å². The van der Waals surface area contributed by atoms with Crippen LogP contribution in [0.3, 0.4) is 0 Å². The zero-order valence-electron chi connectivity index (χ0n) is 36.2. The van der Waals surface area contributed by atoms with Gasteiger partial charge in [-0.3, -0.25) is 0 Å². The maximum absolute atomic E-state index is 6.84. The van der Waals surface area contributed by atoms with Crippen molar-refractivity contribution in [2.24, 2.45) is 0 Å². The summed E-state index contributed by atoms with van der Waals surface area (Å²) in [7, 11) is 0. The zero-order valence-corrected chi connectivity index (χ0v) is 36.2. The van der Waals surface area contributed by atoms with Gasteiger partial charge in [0.25, 0.3) is 0 Å². The summed E-state index contributed by atoms with van der Waals surface area (Å²) in [5, 5.41) is 9.66. The number of hydrogen-bond acceptors (Lipinski definition) is 2. The molecule has 0 fully saturated rings. The van der Waals surface area contributed by atoms with E-state index in [1.54, 1.807) is 0 Å². The third-order valence-corrected chi connectivity index (χ3v) is 14.0. The van der Waals surface area contributed by atoms with E-state index in [9.17, 15) is 0 Å². The van der Waals surface area contributed by atoms with Crippen molar-refractivity contribution in [2.75, 3.05) is 4.90 Å². The number of hydrogen-bond donors (Lipinski definition) is 0. The minimum atomic E-state index is -0.116. The van der Waals surface area contributed by atoms with Crippen LogP contribution in [0.2, 0.25) is 0 Å². The highest BCUT2D eigenvalue weighted by Gasteiger charge is 2.37. The van der Waals surface area contributed by atoms with Crippen molar-refractivity contribution in [1.29, 1.82) is 0 Å². The Morgan fingerprint density at radius 3 is 1.69 bits per heavy atom. The Kier molecular flexibility index (Phi) is 8.29. The summed E-state index contributed by atoms with van der Waals surface area (Å²) < 4.78 is 6.84. The van der Waals surface area contributed by atoms with Crippen molar-refractivity contribution in [3.8, 4) is 44.5 Å². The number of rotatable bonds is 6. The van der Waals surface area contributed by atoms with Crippen molar-refractivity contribution >= 4 is 71.3 Å². The quantitative estimate of drug-likeness (QED) is 0.155. The van der Waals surface area contributed by atoms with Crippen molar-refractivity contribution < 1.29 is 4.42 Å². The normalized spacial score (nSPS) is 12.9. The Bertz CT molecular complexity index is 3850. The molecule has 0 amide bonds. The Morgan fingerprint density at radius 1 is 0.354 bits per heavy atom. The van der Waals surface area contributed by atoms with E-state index in [1.165, 1.54) is 76.8 Å². The maximum Gasteiger partial charge on any atom is 0.143 e. The number of benzene rings is 11. The van der Waals surface area contributed by atoms with Gasteiger partial charge in [-0.25, -0.2) is 0 Å². The van der Waals surface area contributed by atoms with E-state index in [2.05, 4.69) is 243 Å². The topological polar surface area (TPSA) is 16.4 Å². The first kappa shape index (κ1) is 37.4. The highest BCUT2D eigenvalue weighted by Crippen LogP contribution is 2.52. The van der Waals surface area contributed by atoms with Gasteiger partial charge in [-0.05, 0) is 119 Å². The molecule has 0 saturated carbocycles. The van der Waals surface area contributed by atoms with Gasteiger partial charge in [0.2, 0.25) is 0 Å². The fraction of sp³-hybridized carbons (Fsp3) is 0.0476. The molecule has 0 unspecified atom stereocenters. The highest BCUT2D eigenvalue weighted by molar-refractivity contribution is 6.15. The first-order valence-electron chi connectivity index (χ1n) is 22.6. The van der Waals surface area contributed by atoms with Crippen LogP contribution in [0.25, 0.3) is 98.8 Å². The number of fused-ring (bicyclic) bond motifs is 10. The van der Waals surface area contributed by atoms with Crippen LogP contribution in [-0.2, 0) is 5.41 Å². The molecule has 11 aromatic carbocycles.